The predicted molar refractivity (Wildman–Crippen MR) is 85.7 cm³/mol. The van der Waals surface area contributed by atoms with Crippen LogP contribution in [0.2, 0.25) is 0 Å². The Hall–Kier alpha value is -1.59. The van der Waals surface area contributed by atoms with Crippen LogP contribution in [0.1, 0.15) is 31.7 Å². The lowest BCUT2D eigenvalue weighted by molar-refractivity contribution is -0.119. The van der Waals surface area contributed by atoms with Crippen LogP contribution in [0.15, 0.2) is 24.3 Å². The molecule has 1 heterocycles. The second kappa shape index (κ2) is 8.76. The van der Waals surface area contributed by atoms with Gasteiger partial charge in [-0.05, 0) is 43.5 Å². The maximum absolute atomic E-state index is 10.8. The van der Waals surface area contributed by atoms with Crippen LogP contribution in [0.25, 0.3) is 0 Å². The molecule has 0 radical (unpaired) electrons. The SMILES string of the molecule is CCN(Cc1cccc(OCC(N)=O)c1)C[C@H]1CCCCO1. The summed E-state index contributed by atoms with van der Waals surface area (Å²) in [7, 11) is 0. The minimum absolute atomic E-state index is 0.0864. The molecule has 1 aromatic rings. The Morgan fingerprint density at radius 2 is 2.32 bits per heavy atom. The molecular formula is C17H26N2O3. The zero-order valence-electron chi connectivity index (χ0n) is 13.3. The fourth-order valence-electron chi connectivity index (χ4n) is 2.69. The molecule has 1 fully saturated rings. The summed E-state index contributed by atoms with van der Waals surface area (Å²) in [6, 6.07) is 7.82. The van der Waals surface area contributed by atoms with Gasteiger partial charge in [0.05, 0.1) is 6.10 Å². The van der Waals surface area contributed by atoms with Crippen LogP contribution in [0.3, 0.4) is 0 Å². The lowest BCUT2D eigenvalue weighted by Crippen LogP contribution is -2.35. The second-order valence-corrected chi connectivity index (χ2v) is 5.72. The molecule has 1 amide bonds. The van der Waals surface area contributed by atoms with Crippen LogP contribution in [0, 0.1) is 0 Å². The quantitative estimate of drug-likeness (QED) is 0.797. The van der Waals surface area contributed by atoms with Crippen LogP contribution in [0.5, 0.6) is 5.75 Å². The number of carbonyl (C=O) groups is 1. The highest BCUT2D eigenvalue weighted by Crippen LogP contribution is 2.17. The fourth-order valence-corrected chi connectivity index (χ4v) is 2.69. The lowest BCUT2D eigenvalue weighted by Gasteiger charge is -2.29. The number of ether oxygens (including phenoxy) is 2. The van der Waals surface area contributed by atoms with E-state index in [0.29, 0.717) is 11.9 Å². The summed E-state index contributed by atoms with van der Waals surface area (Å²) in [5, 5.41) is 0. The molecule has 0 saturated carbocycles. The molecule has 1 atom stereocenters. The number of carbonyl (C=O) groups excluding carboxylic acids is 1. The number of amides is 1. The minimum atomic E-state index is -0.463. The standard InChI is InChI=1S/C17H26N2O3/c1-2-19(12-16-7-3-4-9-21-16)11-14-6-5-8-15(10-14)22-13-17(18)20/h5-6,8,10,16H,2-4,7,9,11-13H2,1H3,(H2,18,20)/t16-/m1/s1. The molecule has 0 bridgehead atoms. The number of hydrogen-bond acceptors (Lipinski definition) is 4. The van der Waals surface area contributed by atoms with Gasteiger partial charge in [0.25, 0.3) is 5.91 Å². The van der Waals surface area contributed by atoms with Gasteiger partial charge in [-0.3, -0.25) is 9.69 Å². The smallest absolute Gasteiger partial charge is 0.255 e. The van der Waals surface area contributed by atoms with Crippen molar-refractivity contribution in [3.8, 4) is 5.75 Å². The summed E-state index contributed by atoms with van der Waals surface area (Å²) >= 11 is 0. The highest BCUT2D eigenvalue weighted by atomic mass is 16.5. The third-order valence-corrected chi connectivity index (χ3v) is 3.87. The van der Waals surface area contributed by atoms with Crippen molar-refractivity contribution in [2.24, 2.45) is 5.73 Å². The van der Waals surface area contributed by atoms with Crippen LogP contribution in [0.4, 0.5) is 0 Å². The van der Waals surface area contributed by atoms with Crippen molar-refractivity contribution in [1.82, 2.24) is 4.90 Å². The average Bonchev–Trinajstić information content (AvgIpc) is 2.53. The highest BCUT2D eigenvalue weighted by Gasteiger charge is 2.17. The van der Waals surface area contributed by atoms with E-state index in [0.717, 1.165) is 32.7 Å². The van der Waals surface area contributed by atoms with Crippen LogP contribution in [-0.4, -0.2) is 43.2 Å². The summed E-state index contributed by atoms with van der Waals surface area (Å²) in [4.78, 5) is 13.2. The number of hydrogen-bond donors (Lipinski definition) is 1. The van der Waals surface area contributed by atoms with Gasteiger partial charge in [0.1, 0.15) is 5.75 Å². The first kappa shape index (κ1) is 16.8. The zero-order valence-corrected chi connectivity index (χ0v) is 13.3. The van der Waals surface area contributed by atoms with Crippen molar-refractivity contribution in [2.75, 3.05) is 26.3 Å². The molecule has 1 aromatic carbocycles. The molecule has 0 aromatic heterocycles. The van der Waals surface area contributed by atoms with Crippen molar-refractivity contribution < 1.29 is 14.3 Å². The van der Waals surface area contributed by atoms with Gasteiger partial charge in [-0.2, -0.15) is 0 Å². The Balaban J connectivity index is 1.89. The van der Waals surface area contributed by atoms with E-state index in [1.54, 1.807) is 0 Å². The second-order valence-electron chi connectivity index (χ2n) is 5.72. The van der Waals surface area contributed by atoms with Crippen LogP contribution >= 0.6 is 0 Å². The average molecular weight is 306 g/mol. The van der Waals surface area contributed by atoms with E-state index in [9.17, 15) is 4.79 Å². The maximum atomic E-state index is 10.8. The monoisotopic (exact) mass is 306 g/mol. The Labute approximate surface area is 132 Å². The van der Waals surface area contributed by atoms with Gasteiger partial charge in [-0.15, -0.1) is 0 Å². The highest BCUT2D eigenvalue weighted by molar-refractivity contribution is 5.75. The Kier molecular flexibility index (Phi) is 6.68. The fraction of sp³-hybridized carbons (Fsp3) is 0.588. The number of primary amides is 1. The molecule has 0 aliphatic carbocycles. The van der Waals surface area contributed by atoms with E-state index in [1.165, 1.54) is 18.4 Å². The molecule has 2 N–H and O–H groups in total. The molecule has 0 unspecified atom stereocenters. The largest absolute Gasteiger partial charge is 0.484 e. The van der Waals surface area contributed by atoms with Gasteiger partial charge >= 0.3 is 0 Å². The molecule has 1 saturated heterocycles. The van der Waals surface area contributed by atoms with Gasteiger partial charge in [-0.1, -0.05) is 19.1 Å². The van der Waals surface area contributed by atoms with Crippen molar-refractivity contribution in [3.05, 3.63) is 29.8 Å². The Morgan fingerprint density at radius 1 is 1.45 bits per heavy atom. The zero-order chi connectivity index (χ0) is 15.8. The van der Waals surface area contributed by atoms with Gasteiger partial charge < -0.3 is 15.2 Å². The van der Waals surface area contributed by atoms with Gasteiger partial charge in [0.15, 0.2) is 6.61 Å². The van der Waals surface area contributed by atoms with Crippen molar-refractivity contribution >= 4 is 5.91 Å². The summed E-state index contributed by atoms with van der Waals surface area (Å²) in [5.74, 6) is 0.219. The summed E-state index contributed by atoms with van der Waals surface area (Å²) < 4.78 is 11.2. The van der Waals surface area contributed by atoms with E-state index < -0.39 is 5.91 Å². The third kappa shape index (κ3) is 5.66. The first-order valence-electron chi connectivity index (χ1n) is 8.01. The minimum Gasteiger partial charge on any atom is -0.484 e. The van der Waals surface area contributed by atoms with Gasteiger partial charge in [-0.25, -0.2) is 0 Å². The van der Waals surface area contributed by atoms with Crippen LogP contribution in [-0.2, 0) is 16.1 Å². The molecule has 0 spiro atoms. The summed E-state index contributed by atoms with van der Waals surface area (Å²) in [6.45, 7) is 5.75. The van der Waals surface area contributed by atoms with Crippen LogP contribution < -0.4 is 10.5 Å². The number of likely N-dealkylation sites (N-methyl/N-ethyl adjacent to an activating group) is 1. The van der Waals surface area contributed by atoms with Crippen molar-refractivity contribution in [3.63, 3.8) is 0 Å². The number of benzene rings is 1. The summed E-state index contributed by atoms with van der Waals surface area (Å²) in [6.07, 6.45) is 3.95. The maximum Gasteiger partial charge on any atom is 0.255 e. The number of rotatable bonds is 8. The number of nitrogens with two attached hydrogens (primary N) is 1. The molecule has 5 nitrogen and oxygen atoms in total. The van der Waals surface area contributed by atoms with E-state index in [-0.39, 0.29) is 6.61 Å². The first-order chi connectivity index (χ1) is 10.7. The van der Waals surface area contributed by atoms with Crippen molar-refractivity contribution in [1.29, 1.82) is 0 Å². The molecule has 5 heteroatoms. The first-order valence-corrected chi connectivity index (χ1v) is 8.01. The number of nitrogens with zero attached hydrogens (tertiary/aromatic N) is 1. The Bertz CT molecular complexity index is 473. The van der Waals surface area contributed by atoms with Crippen molar-refractivity contribution in [2.45, 2.75) is 38.8 Å². The molecule has 1 aliphatic rings. The molecule has 1 aliphatic heterocycles. The predicted octanol–water partition coefficient (Wildman–Crippen LogP) is 1.94. The van der Waals surface area contributed by atoms with E-state index in [1.807, 2.05) is 18.2 Å². The summed E-state index contributed by atoms with van der Waals surface area (Å²) in [5.41, 5.74) is 6.26. The topological polar surface area (TPSA) is 64.8 Å². The third-order valence-electron chi connectivity index (χ3n) is 3.87. The van der Waals surface area contributed by atoms with Gasteiger partial charge in [0.2, 0.25) is 0 Å². The molecule has 122 valence electrons. The van der Waals surface area contributed by atoms with Gasteiger partial charge in [0, 0.05) is 19.7 Å². The van der Waals surface area contributed by atoms with E-state index in [2.05, 4.69) is 17.9 Å². The Morgan fingerprint density at radius 3 is 3.00 bits per heavy atom. The normalized spacial score (nSPS) is 18.4. The van der Waals surface area contributed by atoms with E-state index in [4.69, 9.17) is 15.2 Å². The molecule has 2 rings (SSSR count). The molecule has 22 heavy (non-hydrogen) atoms. The van der Waals surface area contributed by atoms with E-state index >= 15 is 0 Å². The molecular weight excluding hydrogens is 280 g/mol. The lowest BCUT2D eigenvalue weighted by atomic mass is 10.1.